The van der Waals surface area contributed by atoms with Crippen molar-refractivity contribution in [1.82, 2.24) is 0 Å². The van der Waals surface area contributed by atoms with Crippen molar-refractivity contribution in [3.8, 4) is 0 Å². The van der Waals surface area contributed by atoms with E-state index in [1.807, 2.05) is 0 Å². The maximum atomic E-state index is 10.4. The Bertz CT molecular complexity index is 168. The van der Waals surface area contributed by atoms with Crippen LogP contribution in [0.25, 0.3) is 0 Å². The molecule has 0 aromatic rings. The van der Waals surface area contributed by atoms with E-state index in [-0.39, 0.29) is 0 Å². The minimum absolute atomic E-state index is 1.09. The zero-order valence-corrected chi connectivity index (χ0v) is 7.20. The van der Waals surface area contributed by atoms with Gasteiger partial charge in [-0.2, -0.15) is 0 Å². The predicted octanol–water partition coefficient (Wildman–Crippen LogP) is -0.181. The van der Waals surface area contributed by atoms with E-state index in [0.29, 0.717) is 0 Å². The molecule has 3 atom stereocenters. The van der Waals surface area contributed by atoms with Gasteiger partial charge >= 0.3 is 19.8 Å². The van der Waals surface area contributed by atoms with Gasteiger partial charge in [-0.15, -0.1) is 0 Å². The lowest BCUT2D eigenvalue weighted by atomic mass is 10.2. The minimum Gasteiger partial charge on any atom is -0.476 e. The van der Waals surface area contributed by atoms with Gasteiger partial charge in [0.25, 0.3) is 0 Å². The third kappa shape index (κ3) is 1.74. The Labute approximate surface area is 65.2 Å². The fraction of sp³-hybridized carbons (Fsp3) is 0.800. The number of carboxylic acids is 1. The average Bonchev–Trinajstić information content (AvgIpc) is 1.90. The van der Waals surface area contributed by atoms with Crippen LogP contribution in [0.3, 0.4) is 0 Å². The van der Waals surface area contributed by atoms with Gasteiger partial charge in [0, 0.05) is 7.11 Å². The van der Waals surface area contributed by atoms with E-state index >= 15 is 0 Å². The lowest BCUT2D eigenvalue weighted by molar-refractivity contribution is -0.160. The van der Waals surface area contributed by atoms with Crippen molar-refractivity contribution in [3.05, 3.63) is 0 Å². The number of carboxylic acid groups (broad SMARTS) is 1. The number of hydrogen-bond acceptors (Lipinski definition) is 4. The van der Waals surface area contributed by atoms with Crippen molar-refractivity contribution in [2.75, 3.05) is 7.11 Å². The largest absolute Gasteiger partial charge is 0.476 e. The summed E-state index contributed by atoms with van der Waals surface area (Å²) in [6.07, 6.45) is -1.30. The molecule has 0 fully saturated rings. The number of methoxy groups -OCH3 is 1. The molecule has 0 heterocycles. The zero-order valence-electron chi connectivity index (χ0n) is 6.20. The van der Waals surface area contributed by atoms with Crippen molar-refractivity contribution < 1.29 is 24.3 Å². The van der Waals surface area contributed by atoms with Crippen LogP contribution in [-0.2, 0) is 14.1 Å². The Morgan fingerprint density at radius 2 is 2.18 bits per heavy atom. The molecule has 0 radical (unpaired) electrons. The Morgan fingerprint density at radius 1 is 1.73 bits per heavy atom. The molecule has 5 nitrogen and oxygen atoms in total. The Hall–Kier alpha value is -0.510. The smallest absolute Gasteiger partial charge is 0.390 e. The molecule has 0 bridgehead atoms. The molecule has 0 aromatic carbocycles. The van der Waals surface area contributed by atoms with Crippen LogP contribution in [0.2, 0.25) is 0 Å². The molecule has 0 amide bonds. The highest BCUT2D eigenvalue weighted by Gasteiger charge is 2.53. The number of rotatable bonds is 4. The lowest BCUT2D eigenvalue weighted by Gasteiger charge is -2.16. The van der Waals surface area contributed by atoms with Crippen LogP contribution < -0.4 is 0 Å². The summed E-state index contributed by atoms with van der Waals surface area (Å²) in [7, 11) is -0.153. The van der Waals surface area contributed by atoms with Crippen molar-refractivity contribution >= 4 is 14.4 Å². The molecule has 64 valence electrons. The Balaban J connectivity index is 4.75. The summed E-state index contributed by atoms with van der Waals surface area (Å²) < 4.78 is 14.9. The van der Waals surface area contributed by atoms with Crippen LogP contribution >= 0.6 is 8.46 Å². The molecule has 0 spiro atoms. The molecule has 6 heteroatoms. The summed E-state index contributed by atoms with van der Waals surface area (Å²) in [4.78, 5) is 10.4. The molecule has 0 saturated heterocycles. The van der Waals surface area contributed by atoms with E-state index in [4.69, 9.17) is 10.2 Å². The number of aliphatic carboxylic acids is 1. The molecule has 0 aliphatic carbocycles. The molecular formula is C5H10O5P+. The minimum atomic E-state index is -1.97. The molecule has 11 heavy (non-hydrogen) atoms. The summed E-state index contributed by atoms with van der Waals surface area (Å²) >= 11 is 0. The van der Waals surface area contributed by atoms with E-state index in [1.165, 1.54) is 6.92 Å². The van der Waals surface area contributed by atoms with E-state index in [1.54, 1.807) is 0 Å². The van der Waals surface area contributed by atoms with Crippen molar-refractivity contribution in [2.24, 2.45) is 0 Å². The maximum Gasteiger partial charge on any atom is 0.390 e. The summed E-state index contributed by atoms with van der Waals surface area (Å²) in [6, 6.07) is 0. The summed E-state index contributed by atoms with van der Waals surface area (Å²) in [5.41, 5.74) is 0. The number of carbonyl (C=O) groups is 1. The highest BCUT2D eigenvalue weighted by atomic mass is 31.1. The number of ether oxygens (including phenoxy) is 1. The molecule has 0 rings (SSSR count). The number of hydrogen-bond donors (Lipinski definition) is 2. The van der Waals surface area contributed by atoms with E-state index in [0.717, 1.165) is 7.11 Å². The highest BCUT2D eigenvalue weighted by Crippen LogP contribution is 2.28. The third-order valence-electron chi connectivity index (χ3n) is 1.38. The van der Waals surface area contributed by atoms with Gasteiger partial charge < -0.3 is 14.9 Å². The van der Waals surface area contributed by atoms with Gasteiger partial charge in [0.05, 0.1) is 0 Å². The van der Waals surface area contributed by atoms with Gasteiger partial charge in [-0.05, 0) is 6.92 Å². The van der Waals surface area contributed by atoms with Crippen LogP contribution in [0.15, 0.2) is 0 Å². The van der Waals surface area contributed by atoms with Gasteiger partial charge in [0.2, 0.25) is 0 Å². The van der Waals surface area contributed by atoms with E-state index in [2.05, 4.69) is 4.74 Å². The first kappa shape index (κ1) is 10.5. The SMILES string of the molecule is COC([PH+]=O)(C(=O)O)C(C)O. The first-order valence-electron chi connectivity index (χ1n) is 2.87. The first-order valence-corrected chi connectivity index (χ1v) is 3.78. The Morgan fingerprint density at radius 3 is 2.18 bits per heavy atom. The van der Waals surface area contributed by atoms with Gasteiger partial charge in [-0.1, -0.05) is 4.57 Å². The van der Waals surface area contributed by atoms with Crippen molar-refractivity contribution in [3.63, 3.8) is 0 Å². The second-order valence-corrected chi connectivity index (χ2v) is 2.97. The van der Waals surface area contributed by atoms with Crippen LogP contribution in [0, 0.1) is 0 Å². The van der Waals surface area contributed by atoms with Crippen LogP contribution in [-0.4, -0.2) is 34.7 Å². The number of aliphatic hydroxyl groups is 1. The summed E-state index contributed by atoms with van der Waals surface area (Å²) in [5, 5.41) is 15.5. The van der Waals surface area contributed by atoms with Gasteiger partial charge in [0.1, 0.15) is 6.10 Å². The van der Waals surface area contributed by atoms with Crippen LogP contribution in [0.4, 0.5) is 0 Å². The molecular weight excluding hydrogens is 171 g/mol. The van der Waals surface area contributed by atoms with Crippen LogP contribution in [0.1, 0.15) is 6.92 Å². The molecule has 2 N–H and O–H groups in total. The van der Waals surface area contributed by atoms with Crippen molar-refractivity contribution in [1.29, 1.82) is 0 Å². The van der Waals surface area contributed by atoms with Crippen LogP contribution in [0.5, 0.6) is 0 Å². The van der Waals surface area contributed by atoms with E-state index in [9.17, 15) is 9.36 Å². The second kappa shape index (κ2) is 3.76. The highest BCUT2D eigenvalue weighted by molar-refractivity contribution is 7.27. The third-order valence-corrected chi connectivity index (χ3v) is 2.52. The van der Waals surface area contributed by atoms with Gasteiger partial charge in [0.15, 0.2) is 0 Å². The van der Waals surface area contributed by atoms with Crippen molar-refractivity contribution in [2.45, 2.75) is 18.4 Å². The molecule has 0 aliphatic rings. The first-order chi connectivity index (χ1) is 5.01. The van der Waals surface area contributed by atoms with Gasteiger partial charge in [-0.25, -0.2) is 4.79 Å². The normalized spacial score (nSPS) is 19.2. The summed E-state index contributed by atoms with van der Waals surface area (Å²) in [5.74, 6) is -1.43. The fourth-order valence-corrected chi connectivity index (χ4v) is 0.948. The Kier molecular flexibility index (Phi) is 3.58. The summed E-state index contributed by atoms with van der Waals surface area (Å²) in [6.45, 7) is 1.21. The maximum absolute atomic E-state index is 10.4. The van der Waals surface area contributed by atoms with E-state index < -0.39 is 25.9 Å². The molecule has 0 aromatic heterocycles. The molecule has 0 saturated carbocycles. The second-order valence-electron chi connectivity index (χ2n) is 2.02. The average molecular weight is 181 g/mol. The topological polar surface area (TPSA) is 83.8 Å². The van der Waals surface area contributed by atoms with Gasteiger partial charge in [-0.3, -0.25) is 0 Å². The monoisotopic (exact) mass is 181 g/mol. The fourth-order valence-electron chi connectivity index (χ4n) is 0.607. The zero-order chi connectivity index (χ0) is 9.07. The standard InChI is InChI=1S/C5H9O5P/c1-3(6)5(10-2,11-9)4(7)8/h3,6H,1-2H3,(H,7,8)/p+1. The molecule has 0 aliphatic heterocycles. The molecule has 3 unspecified atom stereocenters. The number of aliphatic hydroxyl groups excluding tert-OH is 1. The quantitative estimate of drug-likeness (QED) is 0.587. The predicted molar refractivity (Wildman–Crippen MR) is 38.1 cm³/mol. The lowest BCUT2D eigenvalue weighted by Crippen LogP contribution is -2.44.